The molecule has 1 aromatic carbocycles. The zero-order valence-electron chi connectivity index (χ0n) is 8.45. The molecule has 0 N–H and O–H groups in total. The topological polar surface area (TPSA) is 9.23 Å². The molecule has 0 radical (unpaired) electrons. The lowest BCUT2D eigenvalue weighted by atomic mass is 9.98. The number of rotatable bonds is 0. The maximum Gasteiger partial charge on any atom is 0.142 e. The van der Waals surface area contributed by atoms with E-state index in [1.54, 1.807) is 6.07 Å². The minimum absolute atomic E-state index is 0.165. The maximum absolute atomic E-state index is 6.06. The average Bonchev–Trinajstić information content (AvgIpc) is 2.38. The molecule has 0 aromatic heterocycles. The van der Waals surface area contributed by atoms with Gasteiger partial charge in [-0.1, -0.05) is 23.2 Å². The lowest BCUT2D eigenvalue weighted by Crippen LogP contribution is -2.24. The summed E-state index contributed by atoms with van der Waals surface area (Å²) >= 11 is 12.1. The van der Waals surface area contributed by atoms with Gasteiger partial charge in [0.2, 0.25) is 0 Å². The molecule has 1 aliphatic heterocycles. The van der Waals surface area contributed by atoms with Crippen LogP contribution in [0.15, 0.2) is 6.07 Å². The molecular weight excluding hydrogens is 219 g/mol. The molecule has 76 valence electrons. The van der Waals surface area contributed by atoms with Crippen LogP contribution in [0.25, 0.3) is 0 Å². The first-order valence-electron chi connectivity index (χ1n) is 4.57. The molecule has 0 amide bonds. The summed E-state index contributed by atoms with van der Waals surface area (Å²) in [7, 11) is 0. The minimum atomic E-state index is -0.165. The summed E-state index contributed by atoms with van der Waals surface area (Å²) in [6.45, 7) is 6.11. The fourth-order valence-electron chi connectivity index (χ4n) is 1.80. The molecule has 1 nitrogen and oxygen atoms in total. The van der Waals surface area contributed by atoms with Gasteiger partial charge in [0.05, 0.1) is 5.02 Å². The summed E-state index contributed by atoms with van der Waals surface area (Å²) < 4.78 is 5.77. The first kappa shape index (κ1) is 10.1. The Labute approximate surface area is 94.0 Å². The summed E-state index contributed by atoms with van der Waals surface area (Å²) in [6, 6.07) is 1.75. The second-order valence-corrected chi connectivity index (χ2v) is 5.13. The van der Waals surface area contributed by atoms with Gasteiger partial charge in [0, 0.05) is 17.0 Å². The standard InChI is InChI=1S/C11H12Cl2O/c1-6-7-5-11(2,3)14-10(7)9(13)4-8(6)12/h4H,5H2,1-3H3. The second-order valence-electron chi connectivity index (χ2n) is 4.31. The molecule has 0 fully saturated rings. The molecule has 1 aromatic rings. The molecule has 0 spiro atoms. The van der Waals surface area contributed by atoms with Gasteiger partial charge in [-0.25, -0.2) is 0 Å². The van der Waals surface area contributed by atoms with E-state index in [-0.39, 0.29) is 5.60 Å². The number of benzene rings is 1. The van der Waals surface area contributed by atoms with Crippen molar-refractivity contribution in [1.29, 1.82) is 0 Å². The van der Waals surface area contributed by atoms with E-state index >= 15 is 0 Å². The normalized spacial score (nSPS) is 17.8. The number of ether oxygens (including phenoxy) is 1. The molecule has 0 unspecified atom stereocenters. The molecule has 0 saturated carbocycles. The molecule has 3 heteroatoms. The fourth-order valence-corrected chi connectivity index (χ4v) is 2.35. The highest BCUT2D eigenvalue weighted by Crippen LogP contribution is 2.44. The Bertz CT molecular complexity index is 397. The maximum atomic E-state index is 6.06. The minimum Gasteiger partial charge on any atom is -0.486 e. The van der Waals surface area contributed by atoms with Crippen LogP contribution in [0.4, 0.5) is 0 Å². The Balaban J connectivity index is 2.61. The first-order valence-corrected chi connectivity index (χ1v) is 5.33. The molecule has 0 atom stereocenters. The molecule has 14 heavy (non-hydrogen) atoms. The van der Waals surface area contributed by atoms with Crippen molar-refractivity contribution in [3.63, 3.8) is 0 Å². The van der Waals surface area contributed by atoms with Crippen LogP contribution < -0.4 is 4.74 Å². The number of hydrogen-bond donors (Lipinski definition) is 0. The Hall–Kier alpha value is -0.400. The zero-order valence-corrected chi connectivity index (χ0v) is 9.96. The quantitative estimate of drug-likeness (QED) is 0.655. The van der Waals surface area contributed by atoms with Crippen LogP contribution in [0.1, 0.15) is 25.0 Å². The summed E-state index contributed by atoms with van der Waals surface area (Å²) in [4.78, 5) is 0. The van der Waals surface area contributed by atoms with Gasteiger partial charge in [0.15, 0.2) is 0 Å². The third-order valence-electron chi connectivity index (χ3n) is 2.54. The number of fused-ring (bicyclic) bond motifs is 1. The molecule has 0 bridgehead atoms. The van der Waals surface area contributed by atoms with E-state index in [9.17, 15) is 0 Å². The van der Waals surface area contributed by atoms with Gasteiger partial charge in [-0.3, -0.25) is 0 Å². The van der Waals surface area contributed by atoms with E-state index < -0.39 is 0 Å². The smallest absolute Gasteiger partial charge is 0.142 e. The van der Waals surface area contributed by atoms with Crippen LogP contribution in [-0.2, 0) is 6.42 Å². The van der Waals surface area contributed by atoms with Gasteiger partial charge >= 0.3 is 0 Å². The van der Waals surface area contributed by atoms with E-state index in [2.05, 4.69) is 13.8 Å². The van der Waals surface area contributed by atoms with Gasteiger partial charge in [-0.2, -0.15) is 0 Å². The summed E-state index contributed by atoms with van der Waals surface area (Å²) in [5.74, 6) is 0.804. The average molecular weight is 231 g/mol. The molecular formula is C11H12Cl2O. The molecule has 0 saturated heterocycles. The van der Waals surface area contributed by atoms with Gasteiger partial charge in [0.25, 0.3) is 0 Å². The van der Waals surface area contributed by atoms with Gasteiger partial charge in [-0.15, -0.1) is 0 Å². The predicted molar refractivity (Wildman–Crippen MR) is 59.6 cm³/mol. The Morgan fingerprint density at radius 3 is 2.57 bits per heavy atom. The van der Waals surface area contributed by atoms with E-state index in [4.69, 9.17) is 27.9 Å². The Kier molecular flexibility index (Phi) is 2.20. The van der Waals surface area contributed by atoms with Crippen LogP contribution >= 0.6 is 23.2 Å². The monoisotopic (exact) mass is 230 g/mol. The van der Waals surface area contributed by atoms with Crippen molar-refractivity contribution in [1.82, 2.24) is 0 Å². The van der Waals surface area contributed by atoms with E-state index in [1.807, 2.05) is 6.92 Å². The molecule has 0 aliphatic carbocycles. The second kappa shape index (κ2) is 3.04. The van der Waals surface area contributed by atoms with Crippen LogP contribution in [0.5, 0.6) is 5.75 Å². The van der Waals surface area contributed by atoms with Crippen LogP contribution in [0.3, 0.4) is 0 Å². The van der Waals surface area contributed by atoms with Crippen LogP contribution in [0, 0.1) is 6.92 Å². The summed E-state index contributed by atoms with van der Waals surface area (Å²) in [5.41, 5.74) is 2.06. The number of halogens is 2. The van der Waals surface area contributed by atoms with E-state index in [1.165, 1.54) is 0 Å². The number of hydrogen-bond acceptors (Lipinski definition) is 1. The lowest BCUT2D eigenvalue weighted by molar-refractivity contribution is 0.138. The predicted octanol–water partition coefficient (Wildman–Crippen LogP) is 4.02. The van der Waals surface area contributed by atoms with Gasteiger partial charge in [0.1, 0.15) is 11.4 Å². The zero-order chi connectivity index (χ0) is 10.5. The molecule has 1 aliphatic rings. The van der Waals surface area contributed by atoms with Crippen LogP contribution in [-0.4, -0.2) is 5.60 Å². The Morgan fingerprint density at radius 2 is 1.93 bits per heavy atom. The fraction of sp³-hybridized carbons (Fsp3) is 0.455. The Morgan fingerprint density at radius 1 is 1.29 bits per heavy atom. The summed E-state index contributed by atoms with van der Waals surface area (Å²) in [5, 5.41) is 1.33. The van der Waals surface area contributed by atoms with Crippen molar-refractivity contribution < 1.29 is 4.74 Å². The van der Waals surface area contributed by atoms with E-state index in [0.717, 1.165) is 28.3 Å². The van der Waals surface area contributed by atoms with Crippen LogP contribution in [0.2, 0.25) is 10.0 Å². The van der Waals surface area contributed by atoms with Crippen molar-refractivity contribution >= 4 is 23.2 Å². The van der Waals surface area contributed by atoms with E-state index in [0.29, 0.717) is 5.02 Å². The largest absolute Gasteiger partial charge is 0.486 e. The van der Waals surface area contributed by atoms with Crippen molar-refractivity contribution in [2.45, 2.75) is 32.8 Å². The van der Waals surface area contributed by atoms with Crippen molar-refractivity contribution in [3.8, 4) is 5.75 Å². The molecule has 1 heterocycles. The lowest BCUT2D eigenvalue weighted by Gasteiger charge is -2.17. The highest BCUT2D eigenvalue weighted by molar-refractivity contribution is 6.36. The summed E-state index contributed by atoms with van der Waals surface area (Å²) in [6.07, 6.45) is 0.869. The highest BCUT2D eigenvalue weighted by atomic mass is 35.5. The van der Waals surface area contributed by atoms with Gasteiger partial charge < -0.3 is 4.74 Å². The van der Waals surface area contributed by atoms with Crippen molar-refractivity contribution in [3.05, 3.63) is 27.2 Å². The van der Waals surface area contributed by atoms with Crippen molar-refractivity contribution in [2.75, 3.05) is 0 Å². The highest BCUT2D eigenvalue weighted by Gasteiger charge is 2.33. The molecule has 2 rings (SSSR count). The van der Waals surface area contributed by atoms with Gasteiger partial charge in [-0.05, 0) is 32.4 Å². The third-order valence-corrected chi connectivity index (χ3v) is 3.21. The SMILES string of the molecule is Cc1c(Cl)cc(Cl)c2c1CC(C)(C)O2. The third kappa shape index (κ3) is 1.49. The first-order chi connectivity index (χ1) is 6.41. The van der Waals surface area contributed by atoms with Crippen molar-refractivity contribution in [2.24, 2.45) is 0 Å².